The van der Waals surface area contributed by atoms with Gasteiger partial charge in [0.15, 0.2) is 5.82 Å². The van der Waals surface area contributed by atoms with Crippen molar-refractivity contribution in [3.8, 4) is 0 Å². The normalized spacial score (nSPS) is 29.0. The number of nitrogens with zero attached hydrogens (tertiary/aromatic N) is 2. The number of aromatic nitrogens is 2. The quantitative estimate of drug-likeness (QED) is 0.760. The van der Waals surface area contributed by atoms with Gasteiger partial charge in [0, 0.05) is 25.9 Å². The zero-order valence-electron chi connectivity index (χ0n) is 9.12. The minimum absolute atomic E-state index is 0.427. The van der Waals surface area contributed by atoms with Crippen LogP contribution in [0, 0.1) is 12.3 Å². The van der Waals surface area contributed by atoms with E-state index in [0.717, 1.165) is 18.9 Å². The maximum absolute atomic E-state index is 5.09. The summed E-state index contributed by atoms with van der Waals surface area (Å²) in [4.78, 5) is 4.39. The molecule has 0 radical (unpaired) electrons. The van der Waals surface area contributed by atoms with E-state index in [-0.39, 0.29) is 0 Å². The van der Waals surface area contributed by atoms with E-state index in [4.69, 9.17) is 4.52 Å². The van der Waals surface area contributed by atoms with E-state index >= 15 is 0 Å². The Balaban J connectivity index is 1.91. The Morgan fingerprint density at radius 2 is 2.20 bits per heavy atom. The lowest BCUT2D eigenvalue weighted by Crippen LogP contribution is -2.25. The van der Waals surface area contributed by atoms with Crippen LogP contribution in [-0.4, -0.2) is 23.2 Å². The van der Waals surface area contributed by atoms with Crippen LogP contribution in [0.4, 0.5) is 0 Å². The summed E-state index contributed by atoms with van der Waals surface area (Å²) < 4.78 is 5.09. The zero-order chi connectivity index (χ0) is 10.3. The van der Waals surface area contributed by atoms with Gasteiger partial charge >= 0.3 is 0 Å². The van der Waals surface area contributed by atoms with Crippen LogP contribution in [0.3, 0.4) is 0 Å². The van der Waals surface area contributed by atoms with Crippen LogP contribution in [-0.2, 0) is 0 Å². The number of hydrogen-bond donors (Lipinski definition) is 1. The van der Waals surface area contributed by atoms with Gasteiger partial charge in [-0.2, -0.15) is 4.98 Å². The minimum atomic E-state index is 0.427. The van der Waals surface area contributed by atoms with Gasteiger partial charge in [0.05, 0.1) is 0 Å². The summed E-state index contributed by atoms with van der Waals surface area (Å²) in [5.74, 6) is 2.07. The molecule has 0 aromatic carbocycles. The molecule has 82 valence electrons. The van der Waals surface area contributed by atoms with Crippen molar-refractivity contribution in [1.82, 2.24) is 15.5 Å². The molecule has 0 bridgehead atoms. The van der Waals surface area contributed by atoms with E-state index in [2.05, 4.69) is 15.5 Å². The van der Waals surface area contributed by atoms with Gasteiger partial charge in [-0.25, -0.2) is 0 Å². The second-order valence-corrected chi connectivity index (χ2v) is 4.92. The molecule has 1 spiro atoms. The van der Waals surface area contributed by atoms with Crippen LogP contribution >= 0.6 is 0 Å². The summed E-state index contributed by atoms with van der Waals surface area (Å²) in [6.07, 6.45) is 5.35. The Bertz CT molecular complexity index is 349. The highest BCUT2D eigenvalue weighted by Crippen LogP contribution is 2.50. The predicted octanol–water partition coefficient (Wildman–Crippen LogP) is 1.63. The van der Waals surface area contributed by atoms with Crippen molar-refractivity contribution in [2.45, 2.75) is 38.5 Å². The number of nitrogens with one attached hydrogen (secondary N) is 1. The summed E-state index contributed by atoms with van der Waals surface area (Å²) in [6.45, 7) is 4.00. The highest BCUT2D eigenvalue weighted by molar-refractivity contribution is 5.11. The molecule has 1 atom stereocenters. The van der Waals surface area contributed by atoms with Gasteiger partial charge in [0.25, 0.3) is 0 Å². The van der Waals surface area contributed by atoms with Crippen molar-refractivity contribution >= 4 is 0 Å². The van der Waals surface area contributed by atoms with Crippen LogP contribution in [0.25, 0.3) is 0 Å². The summed E-state index contributed by atoms with van der Waals surface area (Å²) in [7, 11) is 0. The highest BCUT2D eigenvalue weighted by Gasteiger charge is 2.47. The molecule has 2 aliphatic rings. The van der Waals surface area contributed by atoms with Crippen molar-refractivity contribution in [2.75, 3.05) is 13.1 Å². The van der Waals surface area contributed by atoms with E-state index < -0.39 is 0 Å². The van der Waals surface area contributed by atoms with Gasteiger partial charge in [0.1, 0.15) is 0 Å². The van der Waals surface area contributed by atoms with Crippen LogP contribution in [0.5, 0.6) is 0 Å². The Labute approximate surface area is 89.4 Å². The zero-order valence-corrected chi connectivity index (χ0v) is 9.12. The van der Waals surface area contributed by atoms with Crippen molar-refractivity contribution in [3.05, 3.63) is 11.7 Å². The molecule has 1 aliphatic carbocycles. The van der Waals surface area contributed by atoms with Crippen LogP contribution < -0.4 is 5.32 Å². The first-order chi connectivity index (χ1) is 7.30. The monoisotopic (exact) mass is 207 g/mol. The second-order valence-electron chi connectivity index (χ2n) is 4.92. The third-order valence-electron chi connectivity index (χ3n) is 4.02. The molecule has 0 amide bonds. The molecule has 3 rings (SSSR count). The predicted molar refractivity (Wildman–Crippen MR) is 55.5 cm³/mol. The van der Waals surface area contributed by atoms with Gasteiger partial charge in [-0.3, -0.25) is 0 Å². The summed E-state index contributed by atoms with van der Waals surface area (Å²) in [5, 5.41) is 7.58. The standard InChI is InChI=1S/C11H17N3O/c1-8-13-10(14-15-8)9-6-12-7-11(9)4-2-3-5-11/h9,12H,2-7H2,1H3/t9-/m1/s1. The number of rotatable bonds is 1. The first kappa shape index (κ1) is 9.33. The van der Waals surface area contributed by atoms with Gasteiger partial charge < -0.3 is 9.84 Å². The highest BCUT2D eigenvalue weighted by atomic mass is 16.5. The third-order valence-corrected chi connectivity index (χ3v) is 4.02. The number of aryl methyl sites for hydroxylation is 1. The van der Waals surface area contributed by atoms with Crippen LogP contribution in [0.1, 0.15) is 43.3 Å². The van der Waals surface area contributed by atoms with Crippen molar-refractivity contribution < 1.29 is 4.52 Å². The first-order valence-electron chi connectivity index (χ1n) is 5.81. The summed E-state index contributed by atoms with van der Waals surface area (Å²) >= 11 is 0. The summed E-state index contributed by atoms with van der Waals surface area (Å²) in [6, 6.07) is 0. The van der Waals surface area contributed by atoms with E-state index in [1.165, 1.54) is 25.7 Å². The molecule has 0 unspecified atom stereocenters. The molecule has 1 aliphatic heterocycles. The van der Waals surface area contributed by atoms with Crippen molar-refractivity contribution in [1.29, 1.82) is 0 Å². The first-order valence-corrected chi connectivity index (χ1v) is 5.81. The lowest BCUT2D eigenvalue weighted by molar-refractivity contribution is 0.279. The second kappa shape index (κ2) is 3.30. The Hall–Kier alpha value is -0.900. The minimum Gasteiger partial charge on any atom is -0.340 e. The van der Waals surface area contributed by atoms with Crippen molar-refractivity contribution in [2.24, 2.45) is 5.41 Å². The smallest absolute Gasteiger partial charge is 0.223 e. The lowest BCUT2D eigenvalue weighted by Gasteiger charge is -2.27. The van der Waals surface area contributed by atoms with Gasteiger partial charge in [-0.1, -0.05) is 18.0 Å². The maximum Gasteiger partial charge on any atom is 0.223 e. The van der Waals surface area contributed by atoms with E-state index in [0.29, 0.717) is 17.2 Å². The fraction of sp³-hybridized carbons (Fsp3) is 0.818. The molecular weight excluding hydrogens is 190 g/mol. The maximum atomic E-state index is 5.09. The average Bonchev–Trinajstić information content (AvgIpc) is 2.90. The Kier molecular flexibility index (Phi) is 2.06. The van der Waals surface area contributed by atoms with Crippen LogP contribution in [0.2, 0.25) is 0 Å². The molecule has 1 saturated heterocycles. The van der Waals surface area contributed by atoms with Gasteiger partial charge in [-0.15, -0.1) is 0 Å². The molecule has 15 heavy (non-hydrogen) atoms. The largest absolute Gasteiger partial charge is 0.340 e. The third kappa shape index (κ3) is 1.39. The molecule has 4 nitrogen and oxygen atoms in total. The summed E-state index contributed by atoms with van der Waals surface area (Å²) in [5.41, 5.74) is 0.427. The molecule has 1 saturated carbocycles. The Morgan fingerprint density at radius 1 is 1.40 bits per heavy atom. The van der Waals surface area contributed by atoms with Gasteiger partial charge in [-0.05, 0) is 18.3 Å². The fourth-order valence-electron chi connectivity index (χ4n) is 3.23. The number of hydrogen-bond acceptors (Lipinski definition) is 4. The van der Waals surface area contributed by atoms with E-state index in [9.17, 15) is 0 Å². The lowest BCUT2D eigenvalue weighted by atomic mass is 9.76. The van der Waals surface area contributed by atoms with E-state index in [1.54, 1.807) is 0 Å². The van der Waals surface area contributed by atoms with Crippen molar-refractivity contribution in [3.63, 3.8) is 0 Å². The average molecular weight is 207 g/mol. The van der Waals surface area contributed by atoms with E-state index in [1.807, 2.05) is 6.92 Å². The fourth-order valence-corrected chi connectivity index (χ4v) is 3.23. The molecule has 4 heteroatoms. The molecule has 2 heterocycles. The molecular formula is C11H17N3O. The van der Waals surface area contributed by atoms with Gasteiger partial charge in [0.2, 0.25) is 5.89 Å². The molecule has 1 aromatic rings. The molecule has 1 N–H and O–H groups in total. The molecule has 2 fully saturated rings. The molecule has 1 aromatic heterocycles. The SMILES string of the molecule is Cc1nc([C@H]2CNCC23CCCC3)no1. The topological polar surface area (TPSA) is 51.0 Å². The van der Waals surface area contributed by atoms with Crippen LogP contribution in [0.15, 0.2) is 4.52 Å². The Morgan fingerprint density at radius 3 is 2.87 bits per heavy atom.